The average Bonchev–Trinajstić information content (AvgIpc) is 2.36. The Morgan fingerprint density at radius 2 is 1.61 bits per heavy atom. The van der Waals surface area contributed by atoms with Crippen LogP contribution in [0.1, 0.15) is 56.7 Å². The molecule has 2 N–H and O–H groups in total. The monoisotopic (exact) mass is 249 g/mol. The second-order valence-corrected chi connectivity index (χ2v) is 4.88. The highest BCUT2D eigenvalue weighted by Crippen LogP contribution is 2.42. The van der Waals surface area contributed by atoms with Gasteiger partial charge in [-0.3, -0.25) is 0 Å². The van der Waals surface area contributed by atoms with Crippen LogP contribution in [0, 0.1) is 0 Å². The molecule has 2 rings (SSSR count). The molecule has 18 heavy (non-hydrogen) atoms. The molecule has 2 atom stereocenters. The van der Waals surface area contributed by atoms with Crippen molar-refractivity contribution in [1.29, 1.82) is 0 Å². The van der Waals surface area contributed by atoms with E-state index >= 15 is 0 Å². The molecule has 0 aliphatic heterocycles. The molecule has 0 fully saturated rings. The smallest absolute Gasteiger partial charge is 0.161 e. The van der Waals surface area contributed by atoms with Gasteiger partial charge in [0.2, 0.25) is 0 Å². The normalized spacial score (nSPS) is 22.4. The van der Waals surface area contributed by atoms with Gasteiger partial charge >= 0.3 is 0 Å². The van der Waals surface area contributed by atoms with E-state index in [1.807, 2.05) is 13.8 Å². The van der Waals surface area contributed by atoms with Crippen LogP contribution >= 0.6 is 0 Å². The molecular formula is C15H23NO2. The van der Waals surface area contributed by atoms with E-state index < -0.39 is 0 Å². The van der Waals surface area contributed by atoms with Gasteiger partial charge in [0, 0.05) is 6.04 Å². The Kier molecular flexibility index (Phi) is 4.12. The van der Waals surface area contributed by atoms with Crippen LogP contribution in [0.15, 0.2) is 12.1 Å². The second kappa shape index (κ2) is 5.61. The van der Waals surface area contributed by atoms with Crippen molar-refractivity contribution >= 4 is 0 Å². The minimum absolute atomic E-state index is 0.131. The lowest BCUT2D eigenvalue weighted by molar-refractivity contribution is 0.286. The quantitative estimate of drug-likeness (QED) is 0.889. The van der Waals surface area contributed by atoms with E-state index in [0.717, 1.165) is 24.3 Å². The maximum absolute atomic E-state index is 6.20. The Bertz CT molecular complexity index is 378. The van der Waals surface area contributed by atoms with E-state index in [-0.39, 0.29) is 6.04 Å². The Morgan fingerprint density at radius 1 is 1.06 bits per heavy atom. The zero-order valence-corrected chi connectivity index (χ0v) is 11.5. The molecule has 0 spiro atoms. The Balaban J connectivity index is 2.45. The Morgan fingerprint density at radius 3 is 2.17 bits per heavy atom. The molecule has 3 nitrogen and oxygen atoms in total. The maximum Gasteiger partial charge on any atom is 0.161 e. The minimum Gasteiger partial charge on any atom is -0.490 e. The van der Waals surface area contributed by atoms with Crippen molar-refractivity contribution in [3.63, 3.8) is 0 Å². The van der Waals surface area contributed by atoms with Gasteiger partial charge in [-0.25, -0.2) is 0 Å². The molecule has 3 heteroatoms. The summed E-state index contributed by atoms with van der Waals surface area (Å²) in [5, 5.41) is 0. The summed E-state index contributed by atoms with van der Waals surface area (Å²) in [6, 6.07) is 4.32. The fourth-order valence-corrected chi connectivity index (χ4v) is 2.62. The highest BCUT2D eigenvalue weighted by atomic mass is 16.5. The van der Waals surface area contributed by atoms with Gasteiger partial charge < -0.3 is 15.2 Å². The first-order chi connectivity index (χ1) is 8.67. The third kappa shape index (κ3) is 2.46. The highest BCUT2D eigenvalue weighted by Gasteiger charge is 2.24. The Labute approximate surface area is 109 Å². The first kappa shape index (κ1) is 13.2. The van der Waals surface area contributed by atoms with Gasteiger partial charge in [0.05, 0.1) is 13.2 Å². The van der Waals surface area contributed by atoms with E-state index in [4.69, 9.17) is 15.2 Å². The largest absolute Gasteiger partial charge is 0.490 e. The Hall–Kier alpha value is -1.22. The van der Waals surface area contributed by atoms with Gasteiger partial charge in [-0.1, -0.05) is 6.92 Å². The van der Waals surface area contributed by atoms with Crippen LogP contribution in [0.5, 0.6) is 11.5 Å². The topological polar surface area (TPSA) is 44.5 Å². The third-order valence-corrected chi connectivity index (χ3v) is 3.59. The molecule has 0 heterocycles. The zero-order chi connectivity index (χ0) is 13.1. The van der Waals surface area contributed by atoms with Gasteiger partial charge in [0.25, 0.3) is 0 Å². The molecule has 0 saturated heterocycles. The van der Waals surface area contributed by atoms with Crippen LogP contribution in [-0.2, 0) is 0 Å². The molecule has 0 radical (unpaired) electrons. The van der Waals surface area contributed by atoms with Crippen LogP contribution in [0.3, 0.4) is 0 Å². The number of hydrogen-bond donors (Lipinski definition) is 1. The predicted molar refractivity (Wildman–Crippen MR) is 73.4 cm³/mol. The average molecular weight is 249 g/mol. The summed E-state index contributed by atoms with van der Waals surface area (Å²) in [6.45, 7) is 7.52. The molecule has 1 aromatic rings. The fourth-order valence-electron chi connectivity index (χ4n) is 2.62. The molecule has 0 amide bonds. The summed E-state index contributed by atoms with van der Waals surface area (Å²) in [6.07, 6.45) is 2.20. The van der Waals surface area contributed by atoms with Crippen LogP contribution in [0.2, 0.25) is 0 Å². The first-order valence-corrected chi connectivity index (χ1v) is 6.86. The standard InChI is InChI=1S/C15H23NO2/c1-4-17-14-8-11-10(3)6-7-13(16)12(11)9-15(14)18-5-2/h8-10,13H,4-7,16H2,1-3H3. The van der Waals surface area contributed by atoms with Crippen molar-refractivity contribution in [3.8, 4) is 11.5 Å². The summed E-state index contributed by atoms with van der Waals surface area (Å²) in [4.78, 5) is 0. The molecule has 0 bridgehead atoms. The molecular weight excluding hydrogens is 226 g/mol. The summed E-state index contributed by atoms with van der Waals surface area (Å²) < 4.78 is 11.3. The molecule has 100 valence electrons. The molecule has 1 aromatic carbocycles. The van der Waals surface area contributed by atoms with Gasteiger partial charge in [0.1, 0.15) is 0 Å². The van der Waals surface area contributed by atoms with Crippen molar-refractivity contribution in [1.82, 2.24) is 0 Å². The molecule has 1 aliphatic rings. The van der Waals surface area contributed by atoms with E-state index in [2.05, 4.69) is 19.1 Å². The highest BCUT2D eigenvalue weighted by molar-refractivity contribution is 5.50. The van der Waals surface area contributed by atoms with Gasteiger partial charge in [0.15, 0.2) is 11.5 Å². The van der Waals surface area contributed by atoms with E-state index in [9.17, 15) is 0 Å². The first-order valence-electron chi connectivity index (χ1n) is 6.86. The van der Waals surface area contributed by atoms with Gasteiger partial charge in [-0.05, 0) is 55.9 Å². The number of nitrogens with two attached hydrogens (primary N) is 1. The van der Waals surface area contributed by atoms with Crippen LogP contribution < -0.4 is 15.2 Å². The number of hydrogen-bond acceptors (Lipinski definition) is 3. The SMILES string of the molecule is CCOc1cc2c(cc1OCC)C(N)CCC2C. The third-order valence-electron chi connectivity index (χ3n) is 3.59. The van der Waals surface area contributed by atoms with Gasteiger partial charge in [-0.2, -0.15) is 0 Å². The number of fused-ring (bicyclic) bond motifs is 1. The number of benzene rings is 1. The summed E-state index contributed by atoms with van der Waals surface area (Å²) >= 11 is 0. The predicted octanol–water partition coefficient (Wildman–Crippen LogP) is 3.38. The fraction of sp³-hybridized carbons (Fsp3) is 0.600. The van der Waals surface area contributed by atoms with Crippen LogP contribution in [0.25, 0.3) is 0 Å². The van der Waals surface area contributed by atoms with Gasteiger partial charge in [-0.15, -0.1) is 0 Å². The van der Waals surface area contributed by atoms with Crippen molar-refractivity contribution in [2.75, 3.05) is 13.2 Å². The lowest BCUT2D eigenvalue weighted by Crippen LogP contribution is -2.19. The summed E-state index contributed by atoms with van der Waals surface area (Å²) in [7, 11) is 0. The number of ether oxygens (including phenoxy) is 2. The van der Waals surface area contributed by atoms with Crippen LogP contribution in [0.4, 0.5) is 0 Å². The zero-order valence-electron chi connectivity index (χ0n) is 11.5. The lowest BCUT2D eigenvalue weighted by Gasteiger charge is -2.28. The lowest BCUT2D eigenvalue weighted by atomic mass is 9.81. The second-order valence-electron chi connectivity index (χ2n) is 4.88. The van der Waals surface area contributed by atoms with Crippen molar-refractivity contribution in [2.24, 2.45) is 5.73 Å². The van der Waals surface area contributed by atoms with Crippen molar-refractivity contribution in [3.05, 3.63) is 23.3 Å². The van der Waals surface area contributed by atoms with Crippen LogP contribution in [-0.4, -0.2) is 13.2 Å². The minimum atomic E-state index is 0.131. The van der Waals surface area contributed by atoms with Crippen molar-refractivity contribution in [2.45, 2.75) is 45.6 Å². The molecule has 2 unspecified atom stereocenters. The molecule has 1 aliphatic carbocycles. The van der Waals surface area contributed by atoms with Crippen molar-refractivity contribution < 1.29 is 9.47 Å². The van der Waals surface area contributed by atoms with E-state index in [0.29, 0.717) is 19.1 Å². The summed E-state index contributed by atoms with van der Waals surface area (Å²) in [5.41, 5.74) is 8.74. The molecule has 0 saturated carbocycles. The summed E-state index contributed by atoms with van der Waals surface area (Å²) in [5.74, 6) is 2.22. The van der Waals surface area contributed by atoms with E-state index in [1.165, 1.54) is 11.1 Å². The van der Waals surface area contributed by atoms with E-state index in [1.54, 1.807) is 0 Å². The molecule has 0 aromatic heterocycles. The number of rotatable bonds is 4. The maximum atomic E-state index is 6.20.